The Hall–Kier alpha value is -0.170. The van der Waals surface area contributed by atoms with Gasteiger partial charge < -0.3 is 10.1 Å². The Balaban J connectivity index is 1.83. The summed E-state index contributed by atoms with van der Waals surface area (Å²) in [6.45, 7) is 3.68. The number of hydrogen-bond acceptors (Lipinski definition) is 4. The van der Waals surface area contributed by atoms with Crippen molar-refractivity contribution in [3.63, 3.8) is 0 Å². The van der Waals surface area contributed by atoms with Crippen molar-refractivity contribution < 1.29 is 13.2 Å². The van der Waals surface area contributed by atoms with E-state index in [1.54, 1.807) is 4.31 Å². The molecule has 0 aromatic rings. The molecule has 6 heteroatoms. The molecule has 0 radical (unpaired) electrons. The Kier molecular flexibility index (Phi) is 5.00. The minimum absolute atomic E-state index is 0.199. The zero-order valence-electron chi connectivity index (χ0n) is 11.1. The zero-order chi connectivity index (χ0) is 13.0. The van der Waals surface area contributed by atoms with Crippen LogP contribution in [0.25, 0.3) is 0 Å². The van der Waals surface area contributed by atoms with Crippen molar-refractivity contribution in [2.45, 2.75) is 19.3 Å². The Bertz CT molecular complexity index is 344. The summed E-state index contributed by atoms with van der Waals surface area (Å²) in [7, 11) is -1.12. The van der Waals surface area contributed by atoms with Gasteiger partial charge >= 0.3 is 0 Å². The number of piperidine rings is 1. The van der Waals surface area contributed by atoms with Crippen LogP contribution in [-0.4, -0.2) is 58.4 Å². The summed E-state index contributed by atoms with van der Waals surface area (Å²) >= 11 is 0. The Morgan fingerprint density at radius 2 is 1.94 bits per heavy atom. The van der Waals surface area contributed by atoms with E-state index < -0.39 is 10.0 Å². The maximum atomic E-state index is 12.3. The molecule has 1 unspecified atom stereocenters. The minimum Gasteiger partial charge on any atom is -0.381 e. The molecule has 1 atom stereocenters. The van der Waals surface area contributed by atoms with Crippen molar-refractivity contribution in [1.82, 2.24) is 9.62 Å². The Labute approximate surface area is 110 Å². The summed E-state index contributed by atoms with van der Waals surface area (Å²) in [5.41, 5.74) is 0. The summed E-state index contributed by atoms with van der Waals surface area (Å²) in [6, 6.07) is 0. The first-order valence-electron chi connectivity index (χ1n) is 6.82. The fraction of sp³-hybridized carbons (Fsp3) is 1.00. The smallest absolute Gasteiger partial charge is 0.214 e. The van der Waals surface area contributed by atoms with Crippen LogP contribution in [-0.2, 0) is 14.8 Å². The minimum atomic E-state index is -3.07. The third kappa shape index (κ3) is 3.66. The molecule has 0 saturated carbocycles. The number of hydrogen-bond donors (Lipinski definition) is 1. The van der Waals surface area contributed by atoms with Gasteiger partial charge in [0.2, 0.25) is 10.0 Å². The van der Waals surface area contributed by atoms with Crippen molar-refractivity contribution >= 4 is 10.0 Å². The molecule has 18 heavy (non-hydrogen) atoms. The molecule has 2 aliphatic heterocycles. The van der Waals surface area contributed by atoms with Gasteiger partial charge in [-0.15, -0.1) is 0 Å². The van der Waals surface area contributed by atoms with E-state index in [-0.39, 0.29) is 11.7 Å². The Morgan fingerprint density at radius 1 is 1.22 bits per heavy atom. The first-order chi connectivity index (χ1) is 8.62. The van der Waals surface area contributed by atoms with Gasteiger partial charge in [0.1, 0.15) is 0 Å². The van der Waals surface area contributed by atoms with Crippen molar-refractivity contribution in [2.24, 2.45) is 11.8 Å². The summed E-state index contributed by atoms with van der Waals surface area (Å²) < 4.78 is 31.4. The molecule has 0 bridgehead atoms. The van der Waals surface area contributed by atoms with E-state index in [2.05, 4.69) is 5.32 Å². The van der Waals surface area contributed by atoms with Crippen LogP contribution in [0.1, 0.15) is 19.3 Å². The number of rotatable bonds is 5. The molecule has 0 aromatic heterocycles. The third-order valence-electron chi connectivity index (χ3n) is 3.93. The van der Waals surface area contributed by atoms with Crippen molar-refractivity contribution in [3.05, 3.63) is 0 Å². The van der Waals surface area contributed by atoms with Gasteiger partial charge in [-0.05, 0) is 44.7 Å². The largest absolute Gasteiger partial charge is 0.381 e. The van der Waals surface area contributed by atoms with E-state index in [0.29, 0.717) is 32.2 Å². The molecule has 0 aromatic carbocycles. The van der Waals surface area contributed by atoms with E-state index >= 15 is 0 Å². The molecular weight excluding hydrogens is 252 g/mol. The van der Waals surface area contributed by atoms with Gasteiger partial charge in [-0.25, -0.2) is 12.7 Å². The predicted octanol–water partition coefficient (Wildman–Crippen LogP) is 0.284. The van der Waals surface area contributed by atoms with Gasteiger partial charge in [-0.1, -0.05) is 0 Å². The number of nitrogens with zero attached hydrogens (tertiary/aromatic N) is 1. The lowest BCUT2D eigenvalue weighted by Crippen LogP contribution is -2.42. The molecule has 2 rings (SSSR count). The van der Waals surface area contributed by atoms with E-state index in [0.717, 1.165) is 25.8 Å². The highest BCUT2D eigenvalue weighted by Crippen LogP contribution is 2.22. The van der Waals surface area contributed by atoms with Gasteiger partial charge in [0.25, 0.3) is 0 Å². The molecular formula is C12H24N2O3S. The monoisotopic (exact) mass is 276 g/mol. The van der Waals surface area contributed by atoms with Crippen LogP contribution >= 0.6 is 0 Å². The molecule has 2 heterocycles. The second kappa shape index (κ2) is 6.32. The quantitative estimate of drug-likeness (QED) is 0.784. The maximum Gasteiger partial charge on any atom is 0.214 e. The van der Waals surface area contributed by atoms with Crippen LogP contribution in [0.3, 0.4) is 0 Å². The third-order valence-corrected chi connectivity index (χ3v) is 5.97. The van der Waals surface area contributed by atoms with Gasteiger partial charge in [-0.2, -0.15) is 0 Å². The highest BCUT2D eigenvalue weighted by Gasteiger charge is 2.31. The number of ether oxygens (including phenoxy) is 1. The highest BCUT2D eigenvalue weighted by molar-refractivity contribution is 7.89. The SMILES string of the molecule is CNCC1CCN(S(=O)(=O)CC2CCOC2)CC1. The Morgan fingerprint density at radius 3 is 2.50 bits per heavy atom. The maximum absolute atomic E-state index is 12.3. The fourth-order valence-corrected chi connectivity index (χ4v) is 4.63. The van der Waals surface area contributed by atoms with Gasteiger partial charge in [0, 0.05) is 19.7 Å². The average molecular weight is 276 g/mol. The topological polar surface area (TPSA) is 58.6 Å². The summed E-state index contributed by atoms with van der Waals surface area (Å²) in [6.07, 6.45) is 2.83. The average Bonchev–Trinajstić information content (AvgIpc) is 2.82. The van der Waals surface area contributed by atoms with Crippen molar-refractivity contribution in [3.8, 4) is 0 Å². The lowest BCUT2D eigenvalue weighted by Gasteiger charge is -2.31. The molecule has 2 fully saturated rings. The van der Waals surface area contributed by atoms with Crippen LogP contribution in [0.2, 0.25) is 0 Å². The van der Waals surface area contributed by atoms with Crippen molar-refractivity contribution in [1.29, 1.82) is 0 Å². The molecule has 0 amide bonds. The van der Waals surface area contributed by atoms with Gasteiger partial charge in [0.15, 0.2) is 0 Å². The molecule has 2 aliphatic rings. The lowest BCUT2D eigenvalue weighted by atomic mass is 9.98. The second-order valence-corrected chi connectivity index (χ2v) is 7.42. The van der Waals surface area contributed by atoms with Gasteiger partial charge in [0.05, 0.1) is 12.4 Å². The number of nitrogens with one attached hydrogen (secondary N) is 1. The van der Waals surface area contributed by atoms with Crippen LogP contribution < -0.4 is 5.32 Å². The molecule has 0 spiro atoms. The van der Waals surface area contributed by atoms with E-state index in [1.807, 2.05) is 7.05 Å². The first-order valence-corrected chi connectivity index (χ1v) is 8.43. The first kappa shape index (κ1) is 14.2. The summed E-state index contributed by atoms with van der Waals surface area (Å²) in [5.74, 6) is 1.09. The van der Waals surface area contributed by atoms with Crippen molar-refractivity contribution in [2.75, 3.05) is 45.6 Å². The van der Waals surface area contributed by atoms with E-state index in [1.165, 1.54) is 0 Å². The predicted molar refractivity (Wildman–Crippen MR) is 70.9 cm³/mol. The highest BCUT2D eigenvalue weighted by atomic mass is 32.2. The summed E-state index contributed by atoms with van der Waals surface area (Å²) in [5, 5.41) is 3.17. The fourth-order valence-electron chi connectivity index (χ4n) is 2.80. The molecule has 5 nitrogen and oxygen atoms in total. The van der Waals surface area contributed by atoms with E-state index in [9.17, 15) is 8.42 Å². The molecule has 0 aliphatic carbocycles. The van der Waals surface area contributed by atoms with Crippen LogP contribution in [0.15, 0.2) is 0 Å². The number of sulfonamides is 1. The molecule has 1 N–H and O–H groups in total. The van der Waals surface area contributed by atoms with Gasteiger partial charge in [-0.3, -0.25) is 0 Å². The van der Waals surface area contributed by atoms with Crippen LogP contribution in [0, 0.1) is 11.8 Å². The van der Waals surface area contributed by atoms with E-state index in [4.69, 9.17) is 4.74 Å². The second-order valence-electron chi connectivity index (χ2n) is 5.41. The standard InChI is InChI=1S/C12H24N2O3S/c1-13-8-11-2-5-14(6-3-11)18(15,16)10-12-4-7-17-9-12/h11-13H,2-10H2,1H3. The zero-order valence-corrected chi connectivity index (χ0v) is 11.9. The van der Waals surface area contributed by atoms with Crippen LogP contribution in [0.4, 0.5) is 0 Å². The van der Waals surface area contributed by atoms with Crippen LogP contribution in [0.5, 0.6) is 0 Å². The molecule has 106 valence electrons. The lowest BCUT2D eigenvalue weighted by molar-refractivity contribution is 0.188. The summed E-state index contributed by atoms with van der Waals surface area (Å²) in [4.78, 5) is 0. The molecule has 2 saturated heterocycles. The normalized spacial score (nSPS) is 27.7.